The van der Waals surface area contributed by atoms with Crippen LogP contribution in [0.3, 0.4) is 0 Å². The van der Waals surface area contributed by atoms with Gasteiger partial charge in [0.05, 0.1) is 11.3 Å². The van der Waals surface area contributed by atoms with E-state index < -0.39 is 0 Å². The largest absolute Gasteiger partial charge is 0.281 e. The standard InChI is InChI=1S/C13H19N5OS/c1-4-5-6-18-12(19)9(7-10(17-18)8(2)3)11-14-13(20)16-15-11/h7-8H,4-6H2,1-3H3,(H2,14,15,16,20). The van der Waals surface area contributed by atoms with Gasteiger partial charge in [-0.3, -0.25) is 15.0 Å². The van der Waals surface area contributed by atoms with E-state index in [1.807, 2.05) is 13.8 Å². The van der Waals surface area contributed by atoms with Gasteiger partial charge >= 0.3 is 0 Å². The first kappa shape index (κ1) is 14.6. The van der Waals surface area contributed by atoms with Gasteiger partial charge in [-0.25, -0.2) is 4.68 Å². The van der Waals surface area contributed by atoms with E-state index in [9.17, 15) is 4.79 Å². The minimum atomic E-state index is -0.138. The molecule has 108 valence electrons. The van der Waals surface area contributed by atoms with E-state index in [4.69, 9.17) is 12.2 Å². The Balaban J connectivity index is 2.57. The summed E-state index contributed by atoms with van der Waals surface area (Å²) in [4.78, 5) is 16.6. The van der Waals surface area contributed by atoms with Crippen molar-refractivity contribution in [1.82, 2.24) is 25.0 Å². The zero-order valence-electron chi connectivity index (χ0n) is 11.9. The first-order valence-electron chi connectivity index (χ1n) is 6.80. The van der Waals surface area contributed by atoms with Crippen molar-refractivity contribution >= 4 is 12.2 Å². The molecular weight excluding hydrogens is 274 g/mol. The molecule has 0 atom stereocenters. The molecule has 0 aliphatic heterocycles. The van der Waals surface area contributed by atoms with Gasteiger partial charge < -0.3 is 0 Å². The number of aromatic amines is 2. The van der Waals surface area contributed by atoms with Crippen LogP contribution in [-0.2, 0) is 6.54 Å². The molecule has 0 bridgehead atoms. The van der Waals surface area contributed by atoms with E-state index in [1.54, 1.807) is 6.07 Å². The molecule has 0 unspecified atom stereocenters. The molecule has 0 saturated heterocycles. The van der Waals surface area contributed by atoms with Crippen LogP contribution in [0.25, 0.3) is 11.4 Å². The van der Waals surface area contributed by atoms with Gasteiger partial charge in [0.2, 0.25) is 4.77 Å². The van der Waals surface area contributed by atoms with Crippen molar-refractivity contribution in [3.63, 3.8) is 0 Å². The quantitative estimate of drug-likeness (QED) is 0.831. The predicted molar refractivity (Wildman–Crippen MR) is 80.3 cm³/mol. The van der Waals surface area contributed by atoms with E-state index in [0.29, 0.717) is 22.7 Å². The van der Waals surface area contributed by atoms with Gasteiger partial charge in [-0.05, 0) is 30.6 Å². The number of hydrogen-bond acceptors (Lipinski definition) is 4. The van der Waals surface area contributed by atoms with E-state index in [1.165, 1.54) is 4.68 Å². The van der Waals surface area contributed by atoms with Crippen LogP contribution in [0.1, 0.15) is 45.2 Å². The number of nitrogens with zero attached hydrogens (tertiary/aromatic N) is 3. The van der Waals surface area contributed by atoms with Crippen LogP contribution in [0, 0.1) is 4.77 Å². The molecule has 0 aliphatic rings. The van der Waals surface area contributed by atoms with Crippen molar-refractivity contribution in [3.8, 4) is 11.4 Å². The third kappa shape index (κ3) is 3.04. The van der Waals surface area contributed by atoms with E-state index in [-0.39, 0.29) is 11.5 Å². The summed E-state index contributed by atoms with van der Waals surface area (Å²) in [5, 5.41) is 9.97. The summed E-state index contributed by atoms with van der Waals surface area (Å²) in [5.41, 5.74) is 1.24. The first-order valence-corrected chi connectivity index (χ1v) is 7.20. The molecule has 6 nitrogen and oxygen atoms in total. The highest BCUT2D eigenvalue weighted by atomic mass is 32.1. The van der Waals surface area contributed by atoms with Gasteiger partial charge in [-0.1, -0.05) is 27.2 Å². The summed E-state index contributed by atoms with van der Waals surface area (Å²) in [6.07, 6.45) is 1.94. The number of nitrogens with one attached hydrogen (secondary N) is 2. The number of hydrogen-bond donors (Lipinski definition) is 2. The SMILES string of the molecule is CCCCn1nc(C(C)C)cc(-c2nc(=S)[nH][nH]2)c1=O. The summed E-state index contributed by atoms with van der Waals surface area (Å²) >= 11 is 4.94. The second-order valence-corrected chi connectivity index (χ2v) is 5.42. The van der Waals surface area contributed by atoms with Crippen LogP contribution in [0.2, 0.25) is 0 Å². The third-order valence-electron chi connectivity index (χ3n) is 3.06. The number of H-pyrrole nitrogens is 2. The molecule has 7 heteroatoms. The highest BCUT2D eigenvalue weighted by molar-refractivity contribution is 7.71. The molecule has 20 heavy (non-hydrogen) atoms. The molecule has 0 amide bonds. The molecule has 0 spiro atoms. The van der Waals surface area contributed by atoms with Crippen LogP contribution in [-0.4, -0.2) is 25.0 Å². The Morgan fingerprint density at radius 3 is 2.70 bits per heavy atom. The fourth-order valence-electron chi connectivity index (χ4n) is 1.87. The molecule has 2 rings (SSSR count). The van der Waals surface area contributed by atoms with Crippen LogP contribution in [0.15, 0.2) is 10.9 Å². The lowest BCUT2D eigenvalue weighted by Crippen LogP contribution is -2.26. The maximum absolute atomic E-state index is 12.5. The van der Waals surface area contributed by atoms with Gasteiger partial charge in [-0.15, -0.1) is 0 Å². The van der Waals surface area contributed by atoms with Crippen LogP contribution < -0.4 is 5.56 Å². The van der Waals surface area contributed by atoms with Crippen molar-refractivity contribution < 1.29 is 0 Å². The Labute approximate surface area is 122 Å². The summed E-state index contributed by atoms with van der Waals surface area (Å²) in [5.74, 6) is 0.707. The van der Waals surface area contributed by atoms with Gasteiger partial charge in [0.1, 0.15) is 0 Å². The molecule has 2 aromatic rings. The highest BCUT2D eigenvalue weighted by Crippen LogP contribution is 2.16. The maximum atomic E-state index is 12.5. The molecule has 2 N–H and O–H groups in total. The minimum absolute atomic E-state index is 0.138. The molecule has 0 aliphatic carbocycles. The lowest BCUT2D eigenvalue weighted by Gasteiger charge is -2.11. The smallest absolute Gasteiger partial charge is 0.277 e. The Morgan fingerprint density at radius 1 is 1.40 bits per heavy atom. The van der Waals surface area contributed by atoms with Crippen molar-refractivity contribution in [1.29, 1.82) is 0 Å². The Morgan fingerprint density at radius 2 is 2.15 bits per heavy atom. The Hall–Kier alpha value is -1.76. The molecule has 0 radical (unpaired) electrons. The average Bonchev–Trinajstić information content (AvgIpc) is 2.83. The predicted octanol–water partition coefficient (Wildman–Crippen LogP) is 2.61. The van der Waals surface area contributed by atoms with E-state index >= 15 is 0 Å². The third-order valence-corrected chi connectivity index (χ3v) is 3.26. The molecule has 2 heterocycles. The lowest BCUT2D eigenvalue weighted by molar-refractivity contribution is 0.527. The zero-order chi connectivity index (χ0) is 14.7. The summed E-state index contributed by atoms with van der Waals surface area (Å²) in [6.45, 7) is 6.80. The number of rotatable bonds is 5. The lowest BCUT2D eigenvalue weighted by atomic mass is 10.1. The molecule has 2 aromatic heterocycles. The minimum Gasteiger partial charge on any atom is -0.281 e. The zero-order valence-corrected chi connectivity index (χ0v) is 12.8. The second-order valence-electron chi connectivity index (χ2n) is 5.03. The van der Waals surface area contributed by atoms with Crippen molar-refractivity contribution in [2.24, 2.45) is 0 Å². The van der Waals surface area contributed by atoms with Crippen LogP contribution >= 0.6 is 12.2 Å². The fourth-order valence-corrected chi connectivity index (χ4v) is 2.01. The van der Waals surface area contributed by atoms with Gasteiger partial charge in [0.25, 0.3) is 5.56 Å². The second kappa shape index (κ2) is 6.13. The first-order chi connectivity index (χ1) is 9.52. The summed E-state index contributed by atoms with van der Waals surface area (Å²) in [6, 6.07) is 1.79. The average molecular weight is 293 g/mol. The monoisotopic (exact) mass is 293 g/mol. The fraction of sp³-hybridized carbons (Fsp3) is 0.538. The van der Waals surface area contributed by atoms with Crippen molar-refractivity contribution in [3.05, 3.63) is 26.9 Å². The topological polar surface area (TPSA) is 79.4 Å². The van der Waals surface area contributed by atoms with E-state index in [2.05, 4.69) is 27.2 Å². The number of aromatic nitrogens is 5. The maximum Gasteiger partial charge on any atom is 0.277 e. The summed E-state index contributed by atoms with van der Waals surface area (Å²) < 4.78 is 1.86. The van der Waals surface area contributed by atoms with Crippen LogP contribution in [0.5, 0.6) is 0 Å². The molecule has 0 fully saturated rings. The van der Waals surface area contributed by atoms with Gasteiger partial charge in [-0.2, -0.15) is 10.1 Å². The Bertz CT molecular complexity index is 697. The normalized spacial score (nSPS) is 11.2. The van der Waals surface area contributed by atoms with Crippen molar-refractivity contribution in [2.45, 2.75) is 46.1 Å². The van der Waals surface area contributed by atoms with Crippen molar-refractivity contribution in [2.75, 3.05) is 0 Å². The highest BCUT2D eigenvalue weighted by Gasteiger charge is 2.14. The number of unbranched alkanes of at least 4 members (excludes halogenated alkanes) is 1. The molecule has 0 aromatic carbocycles. The van der Waals surface area contributed by atoms with E-state index in [0.717, 1.165) is 18.5 Å². The molecule has 0 saturated carbocycles. The van der Waals surface area contributed by atoms with Gasteiger partial charge in [0.15, 0.2) is 5.82 Å². The Kier molecular flexibility index (Phi) is 4.49. The van der Waals surface area contributed by atoms with Crippen LogP contribution in [0.4, 0.5) is 0 Å². The van der Waals surface area contributed by atoms with Gasteiger partial charge in [0, 0.05) is 6.54 Å². The summed E-state index contributed by atoms with van der Waals surface area (Å²) in [7, 11) is 0. The molecular formula is C13H19N5OS. The number of aryl methyl sites for hydroxylation is 1.